The Balaban J connectivity index is 2.15. The molecule has 0 aromatic heterocycles. The second-order valence-corrected chi connectivity index (χ2v) is 5.72. The summed E-state index contributed by atoms with van der Waals surface area (Å²) in [6.07, 6.45) is 1.22. The molecule has 1 heterocycles. The van der Waals surface area contributed by atoms with Gasteiger partial charge in [0.15, 0.2) is 0 Å². The van der Waals surface area contributed by atoms with Gasteiger partial charge in [-0.05, 0) is 38.1 Å². The van der Waals surface area contributed by atoms with Crippen molar-refractivity contribution in [2.24, 2.45) is 0 Å². The van der Waals surface area contributed by atoms with Crippen molar-refractivity contribution in [3.8, 4) is 0 Å². The van der Waals surface area contributed by atoms with Gasteiger partial charge >= 0.3 is 0 Å². The van der Waals surface area contributed by atoms with Crippen molar-refractivity contribution < 1.29 is 13.9 Å². The second kappa shape index (κ2) is 6.73. The molecular formula is C15H20ClFN2O2. The summed E-state index contributed by atoms with van der Waals surface area (Å²) in [5.41, 5.74) is -0.493. The number of halogens is 2. The number of carbonyl (C=O) groups is 1. The van der Waals surface area contributed by atoms with Crippen molar-refractivity contribution >= 4 is 17.5 Å². The lowest BCUT2D eigenvalue weighted by molar-refractivity contribution is -0.157. The summed E-state index contributed by atoms with van der Waals surface area (Å²) in [6.45, 7) is 1.59. The van der Waals surface area contributed by atoms with Crippen LogP contribution >= 0.6 is 11.6 Å². The van der Waals surface area contributed by atoms with Crippen molar-refractivity contribution in [2.75, 3.05) is 27.2 Å². The number of amides is 1. The second-order valence-electron chi connectivity index (χ2n) is 5.31. The number of rotatable bonds is 4. The number of nitrogens with zero attached hydrogens (tertiary/aromatic N) is 1. The fourth-order valence-corrected chi connectivity index (χ4v) is 2.90. The van der Waals surface area contributed by atoms with E-state index in [1.807, 2.05) is 0 Å². The maximum absolute atomic E-state index is 13.8. The van der Waals surface area contributed by atoms with Crippen LogP contribution in [0.15, 0.2) is 18.2 Å². The number of hydrogen-bond donors (Lipinski definition) is 1. The summed E-state index contributed by atoms with van der Waals surface area (Å²) < 4.78 is 19.3. The number of carbonyl (C=O) groups excluding carboxylic acids is 1. The lowest BCUT2D eigenvalue weighted by Gasteiger charge is -2.37. The Bertz CT molecular complexity index is 498. The zero-order valence-corrected chi connectivity index (χ0v) is 13.0. The van der Waals surface area contributed by atoms with Gasteiger partial charge in [0.2, 0.25) is 0 Å². The highest BCUT2D eigenvalue weighted by Gasteiger charge is 2.41. The Kier molecular flexibility index (Phi) is 5.19. The molecule has 0 aliphatic carbocycles. The molecule has 4 nitrogen and oxygen atoms in total. The average Bonchev–Trinajstić information content (AvgIpc) is 2.50. The highest BCUT2D eigenvalue weighted by Crippen LogP contribution is 2.27. The number of ether oxygens (including phenoxy) is 1. The topological polar surface area (TPSA) is 41.6 Å². The first-order chi connectivity index (χ1) is 10.00. The lowest BCUT2D eigenvalue weighted by Crippen LogP contribution is -2.54. The van der Waals surface area contributed by atoms with Crippen molar-refractivity contribution in [2.45, 2.75) is 25.0 Å². The van der Waals surface area contributed by atoms with Crippen LogP contribution in [0.25, 0.3) is 0 Å². The van der Waals surface area contributed by atoms with Gasteiger partial charge < -0.3 is 15.0 Å². The first kappa shape index (κ1) is 16.2. The van der Waals surface area contributed by atoms with Crippen LogP contribution in [-0.4, -0.2) is 43.7 Å². The zero-order chi connectivity index (χ0) is 15.5. The van der Waals surface area contributed by atoms with Crippen molar-refractivity contribution in [3.63, 3.8) is 0 Å². The van der Waals surface area contributed by atoms with Gasteiger partial charge in [-0.25, -0.2) is 4.39 Å². The quantitative estimate of drug-likeness (QED) is 0.926. The highest BCUT2D eigenvalue weighted by atomic mass is 35.5. The summed E-state index contributed by atoms with van der Waals surface area (Å²) in [4.78, 5) is 14.2. The van der Waals surface area contributed by atoms with Crippen LogP contribution in [-0.2, 0) is 16.1 Å². The summed E-state index contributed by atoms with van der Waals surface area (Å²) in [5, 5.41) is 3.53. The number of hydrogen-bond acceptors (Lipinski definition) is 3. The van der Waals surface area contributed by atoms with Crippen LogP contribution in [0.4, 0.5) is 4.39 Å². The van der Waals surface area contributed by atoms with E-state index in [1.165, 1.54) is 11.0 Å². The van der Waals surface area contributed by atoms with E-state index in [9.17, 15) is 9.18 Å². The third kappa shape index (κ3) is 3.36. The number of benzene rings is 1. The molecule has 1 aromatic carbocycles. The molecule has 0 saturated carbocycles. The largest absolute Gasteiger partial charge is 0.368 e. The van der Waals surface area contributed by atoms with Gasteiger partial charge in [-0.2, -0.15) is 0 Å². The summed E-state index contributed by atoms with van der Waals surface area (Å²) >= 11 is 6.01. The van der Waals surface area contributed by atoms with Crippen LogP contribution in [0.5, 0.6) is 0 Å². The number of likely N-dealkylation sites (N-methyl/N-ethyl adjacent to an activating group) is 1. The third-order valence-electron chi connectivity index (χ3n) is 4.00. The molecule has 116 valence electrons. The van der Waals surface area contributed by atoms with E-state index >= 15 is 0 Å². The third-order valence-corrected chi connectivity index (χ3v) is 4.35. The molecule has 1 amide bonds. The Morgan fingerprint density at radius 3 is 2.71 bits per heavy atom. The number of nitrogens with one attached hydrogen (secondary N) is 1. The standard InChI is InChI=1S/C15H20ClFN2O2/c1-19(10-11-12(16)4-3-5-13(11)17)14(20)15(21-2)6-8-18-9-7-15/h3-5,18H,6-10H2,1-2H3. The van der Waals surface area contributed by atoms with Gasteiger partial charge in [0, 0.05) is 31.3 Å². The molecule has 1 aromatic rings. The molecule has 0 radical (unpaired) electrons. The predicted molar refractivity (Wildman–Crippen MR) is 79.7 cm³/mol. The number of piperidine rings is 1. The van der Waals surface area contributed by atoms with Gasteiger partial charge in [0.1, 0.15) is 11.4 Å². The van der Waals surface area contributed by atoms with Crippen LogP contribution in [0, 0.1) is 5.82 Å². The number of methoxy groups -OCH3 is 1. The molecule has 0 bridgehead atoms. The molecule has 1 aliphatic rings. The Labute approximate surface area is 129 Å². The molecule has 0 atom stereocenters. The van der Waals surface area contributed by atoms with Crippen LogP contribution in [0.2, 0.25) is 5.02 Å². The van der Waals surface area contributed by atoms with Crippen molar-refractivity contribution in [3.05, 3.63) is 34.6 Å². The van der Waals surface area contributed by atoms with Crippen molar-refractivity contribution in [1.82, 2.24) is 10.2 Å². The fraction of sp³-hybridized carbons (Fsp3) is 0.533. The Morgan fingerprint density at radius 1 is 1.48 bits per heavy atom. The molecule has 2 rings (SSSR count). The maximum Gasteiger partial charge on any atom is 0.254 e. The predicted octanol–water partition coefficient (Wildman–Crippen LogP) is 2.21. The summed E-state index contributed by atoms with van der Waals surface area (Å²) in [7, 11) is 3.20. The molecule has 6 heteroatoms. The van der Waals surface area contributed by atoms with Gasteiger partial charge in [-0.15, -0.1) is 0 Å². The van der Waals surface area contributed by atoms with Crippen molar-refractivity contribution in [1.29, 1.82) is 0 Å². The van der Waals surface area contributed by atoms with Gasteiger partial charge in [-0.3, -0.25) is 4.79 Å². The van der Waals surface area contributed by atoms with Crippen LogP contribution in [0.3, 0.4) is 0 Å². The van der Waals surface area contributed by atoms with Gasteiger partial charge in [0.25, 0.3) is 5.91 Å². The Morgan fingerprint density at radius 2 is 2.14 bits per heavy atom. The zero-order valence-electron chi connectivity index (χ0n) is 12.3. The van der Waals surface area contributed by atoms with Crippen LogP contribution in [0.1, 0.15) is 18.4 Å². The summed E-state index contributed by atoms with van der Waals surface area (Å²) in [5.74, 6) is -0.537. The van der Waals surface area contributed by atoms with E-state index in [4.69, 9.17) is 16.3 Å². The minimum absolute atomic E-state index is 0.128. The summed E-state index contributed by atoms with van der Waals surface area (Å²) in [6, 6.07) is 4.51. The minimum atomic E-state index is -0.822. The van der Waals surface area contributed by atoms with E-state index in [0.717, 1.165) is 13.1 Å². The van der Waals surface area contributed by atoms with E-state index in [0.29, 0.717) is 23.4 Å². The molecule has 1 aliphatic heterocycles. The fourth-order valence-electron chi connectivity index (χ4n) is 2.68. The van der Waals surface area contributed by atoms with Gasteiger partial charge in [-0.1, -0.05) is 17.7 Å². The van der Waals surface area contributed by atoms with Gasteiger partial charge in [0.05, 0.1) is 0 Å². The van der Waals surface area contributed by atoms with Crippen LogP contribution < -0.4 is 5.32 Å². The molecule has 1 saturated heterocycles. The molecule has 21 heavy (non-hydrogen) atoms. The maximum atomic E-state index is 13.8. The first-order valence-corrected chi connectivity index (χ1v) is 7.32. The lowest BCUT2D eigenvalue weighted by atomic mass is 9.90. The normalized spacial score (nSPS) is 17.5. The first-order valence-electron chi connectivity index (χ1n) is 6.94. The van der Waals surface area contributed by atoms with E-state index in [-0.39, 0.29) is 12.5 Å². The highest BCUT2D eigenvalue weighted by molar-refractivity contribution is 6.31. The van der Waals surface area contributed by atoms with E-state index < -0.39 is 11.4 Å². The monoisotopic (exact) mass is 314 g/mol. The Hall–Kier alpha value is -1.17. The average molecular weight is 315 g/mol. The molecule has 1 fully saturated rings. The van der Waals surface area contributed by atoms with E-state index in [1.54, 1.807) is 26.3 Å². The molecular weight excluding hydrogens is 295 g/mol. The van der Waals surface area contributed by atoms with E-state index in [2.05, 4.69) is 5.32 Å². The molecule has 0 unspecified atom stereocenters. The minimum Gasteiger partial charge on any atom is -0.368 e. The smallest absolute Gasteiger partial charge is 0.254 e. The molecule has 0 spiro atoms. The SMILES string of the molecule is COC1(C(=O)N(C)Cc2c(F)cccc2Cl)CCNCC1. The molecule has 1 N–H and O–H groups in total.